The normalized spacial score (nSPS) is 13.5. The van der Waals surface area contributed by atoms with E-state index in [0.29, 0.717) is 15.9 Å². The van der Waals surface area contributed by atoms with Crippen LogP contribution in [0, 0.1) is 0 Å². The van der Waals surface area contributed by atoms with Gasteiger partial charge in [-0.2, -0.15) is 0 Å². The summed E-state index contributed by atoms with van der Waals surface area (Å²) in [5.74, 6) is 0.673. The number of hydrogen-bond donors (Lipinski definition) is 2. The van der Waals surface area contributed by atoms with Gasteiger partial charge in [0.1, 0.15) is 6.33 Å². The zero-order valence-electron chi connectivity index (χ0n) is 12.5. The van der Waals surface area contributed by atoms with Crippen LogP contribution < -0.4 is 10.6 Å². The number of benzene rings is 1. The van der Waals surface area contributed by atoms with Crippen LogP contribution in [0.25, 0.3) is 0 Å². The Balaban J connectivity index is 1.98. The molecule has 0 aliphatic carbocycles. The van der Waals surface area contributed by atoms with E-state index in [1.165, 1.54) is 0 Å². The third-order valence-corrected chi connectivity index (χ3v) is 3.82. The molecule has 2 amide bonds. The molecule has 1 aromatic carbocycles. The molecule has 0 radical (unpaired) electrons. The van der Waals surface area contributed by atoms with Crippen molar-refractivity contribution in [2.24, 2.45) is 7.05 Å². The van der Waals surface area contributed by atoms with E-state index in [0.717, 1.165) is 5.56 Å². The van der Waals surface area contributed by atoms with Crippen LogP contribution >= 0.6 is 23.2 Å². The van der Waals surface area contributed by atoms with Crippen LogP contribution in [0.1, 0.15) is 37.3 Å². The predicted molar refractivity (Wildman–Crippen MR) is 86.0 cm³/mol. The van der Waals surface area contributed by atoms with Crippen molar-refractivity contribution >= 4 is 29.2 Å². The summed E-state index contributed by atoms with van der Waals surface area (Å²) in [6, 6.07) is 4.35. The molecule has 0 bridgehead atoms. The molecule has 2 unspecified atom stereocenters. The molecule has 0 spiro atoms. The molecule has 1 heterocycles. The number of nitrogens with one attached hydrogen (secondary N) is 2. The van der Waals surface area contributed by atoms with Crippen molar-refractivity contribution in [3.05, 3.63) is 46.0 Å². The maximum atomic E-state index is 12.1. The zero-order valence-corrected chi connectivity index (χ0v) is 14.0. The van der Waals surface area contributed by atoms with E-state index in [4.69, 9.17) is 23.2 Å². The molecule has 0 saturated carbocycles. The van der Waals surface area contributed by atoms with Gasteiger partial charge in [0.05, 0.1) is 12.1 Å². The molecule has 2 aromatic rings. The van der Waals surface area contributed by atoms with Gasteiger partial charge in [-0.15, -0.1) is 10.2 Å². The molecule has 0 saturated heterocycles. The summed E-state index contributed by atoms with van der Waals surface area (Å²) in [5, 5.41) is 14.5. The van der Waals surface area contributed by atoms with Gasteiger partial charge in [0.25, 0.3) is 0 Å². The number of nitrogens with zero attached hydrogens (tertiary/aromatic N) is 3. The monoisotopic (exact) mass is 341 g/mol. The van der Waals surface area contributed by atoms with E-state index in [-0.39, 0.29) is 18.1 Å². The summed E-state index contributed by atoms with van der Waals surface area (Å²) in [6.07, 6.45) is 1.58. The van der Waals surface area contributed by atoms with Crippen molar-refractivity contribution in [2.75, 3.05) is 0 Å². The van der Waals surface area contributed by atoms with Crippen molar-refractivity contribution in [2.45, 2.75) is 25.9 Å². The predicted octanol–water partition coefficient (Wildman–Crippen LogP) is 3.24. The number of halogens is 2. The van der Waals surface area contributed by atoms with Crippen molar-refractivity contribution < 1.29 is 4.79 Å². The van der Waals surface area contributed by atoms with Crippen molar-refractivity contribution in [1.29, 1.82) is 0 Å². The fourth-order valence-electron chi connectivity index (χ4n) is 2.11. The second-order valence-electron chi connectivity index (χ2n) is 5.03. The maximum absolute atomic E-state index is 12.1. The van der Waals surface area contributed by atoms with Crippen molar-refractivity contribution in [3.8, 4) is 0 Å². The Morgan fingerprint density at radius 3 is 2.50 bits per heavy atom. The quantitative estimate of drug-likeness (QED) is 0.896. The van der Waals surface area contributed by atoms with Crippen LogP contribution in [0.4, 0.5) is 4.79 Å². The maximum Gasteiger partial charge on any atom is 0.315 e. The Morgan fingerprint density at radius 2 is 1.91 bits per heavy atom. The molecular formula is C14H17Cl2N5O. The van der Waals surface area contributed by atoms with E-state index in [1.807, 2.05) is 20.9 Å². The summed E-state index contributed by atoms with van der Waals surface area (Å²) in [6.45, 7) is 3.69. The molecule has 118 valence electrons. The first-order valence-electron chi connectivity index (χ1n) is 6.74. The lowest BCUT2D eigenvalue weighted by atomic mass is 10.1. The van der Waals surface area contributed by atoms with Crippen LogP contribution in [-0.4, -0.2) is 20.8 Å². The van der Waals surface area contributed by atoms with E-state index in [9.17, 15) is 4.79 Å². The summed E-state index contributed by atoms with van der Waals surface area (Å²) in [7, 11) is 1.82. The first-order chi connectivity index (χ1) is 10.4. The van der Waals surface area contributed by atoms with Gasteiger partial charge in [0.15, 0.2) is 5.82 Å². The number of carbonyl (C=O) groups is 1. The summed E-state index contributed by atoms with van der Waals surface area (Å²) >= 11 is 12.0. The van der Waals surface area contributed by atoms with Gasteiger partial charge < -0.3 is 15.2 Å². The molecule has 0 aliphatic rings. The van der Waals surface area contributed by atoms with Gasteiger partial charge in [-0.25, -0.2) is 4.79 Å². The summed E-state index contributed by atoms with van der Waals surface area (Å²) < 4.78 is 1.75. The SMILES string of the molecule is CC(NC(=O)NC(C)c1nncn1C)c1ccc(Cl)cc1Cl. The topological polar surface area (TPSA) is 71.8 Å². The smallest absolute Gasteiger partial charge is 0.315 e. The second-order valence-corrected chi connectivity index (χ2v) is 5.87. The molecule has 1 aromatic heterocycles. The first-order valence-corrected chi connectivity index (χ1v) is 7.50. The molecule has 0 aliphatic heterocycles. The average molecular weight is 342 g/mol. The van der Waals surface area contributed by atoms with E-state index < -0.39 is 0 Å². The van der Waals surface area contributed by atoms with Gasteiger partial charge in [-0.1, -0.05) is 29.3 Å². The molecule has 22 heavy (non-hydrogen) atoms. The highest BCUT2D eigenvalue weighted by molar-refractivity contribution is 6.35. The lowest BCUT2D eigenvalue weighted by Gasteiger charge is -2.19. The van der Waals surface area contributed by atoms with Crippen molar-refractivity contribution in [1.82, 2.24) is 25.4 Å². The molecule has 2 N–H and O–H groups in total. The Kier molecular flexibility index (Phi) is 5.26. The van der Waals surface area contributed by atoms with Gasteiger partial charge in [0.2, 0.25) is 0 Å². The highest BCUT2D eigenvalue weighted by Crippen LogP contribution is 2.26. The number of hydrogen-bond acceptors (Lipinski definition) is 3. The second kappa shape index (κ2) is 6.98. The van der Waals surface area contributed by atoms with Gasteiger partial charge in [0, 0.05) is 17.1 Å². The van der Waals surface area contributed by atoms with E-state index >= 15 is 0 Å². The van der Waals surface area contributed by atoms with E-state index in [1.54, 1.807) is 29.1 Å². The number of carbonyl (C=O) groups excluding carboxylic acids is 1. The number of amides is 2. The number of aryl methyl sites for hydroxylation is 1. The third-order valence-electron chi connectivity index (χ3n) is 3.26. The minimum Gasteiger partial charge on any atom is -0.332 e. The highest BCUT2D eigenvalue weighted by atomic mass is 35.5. The summed E-state index contributed by atoms with van der Waals surface area (Å²) in [4.78, 5) is 12.1. The van der Waals surface area contributed by atoms with E-state index in [2.05, 4.69) is 20.8 Å². The minimum atomic E-state index is -0.311. The molecular weight excluding hydrogens is 325 g/mol. The minimum absolute atomic E-state index is 0.253. The number of aromatic nitrogens is 3. The number of rotatable bonds is 4. The van der Waals surface area contributed by atoms with Crippen molar-refractivity contribution in [3.63, 3.8) is 0 Å². The molecule has 2 rings (SSSR count). The first kappa shape index (κ1) is 16.6. The third kappa shape index (κ3) is 3.90. The summed E-state index contributed by atoms with van der Waals surface area (Å²) in [5.41, 5.74) is 0.799. The molecule has 0 fully saturated rings. The fraction of sp³-hybridized carbons (Fsp3) is 0.357. The highest BCUT2D eigenvalue weighted by Gasteiger charge is 2.17. The number of urea groups is 1. The molecule has 2 atom stereocenters. The molecule has 6 nitrogen and oxygen atoms in total. The standard InChI is InChI=1S/C14H17Cl2N5O/c1-8(11-5-4-10(15)6-12(11)16)18-14(22)19-9(2)13-20-17-7-21(13)3/h4-9H,1-3H3,(H2,18,19,22). The van der Waals surface area contributed by atoms with Gasteiger partial charge >= 0.3 is 6.03 Å². The average Bonchev–Trinajstić information content (AvgIpc) is 2.84. The largest absolute Gasteiger partial charge is 0.332 e. The fourth-order valence-corrected chi connectivity index (χ4v) is 2.69. The van der Waals surface area contributed by atoms with Crippen LogP contribution in [0.2, 0.25) is 10.0 Å². The van der Waals surface area contributed by atoms with Crippen LogP contribution in [0.15, 0.2) is 24.5 Å². The zero-order chi connectivity index (χ0) is 16.3. The van der Waals surface area contributed by atoms with Crippen LogP contribution in [-0.2, 0) is 7.05 Å². The lowest BCUT2D eigenvalue weighted by Crippen LogP contribution is -2.39. The Hall–Kier alpha value is -1.79. The van der Waals surface area contributed by atoms with Gasteiger partial charge in [-0.05, 0) is 31.5 Å². The lowest BCUT2D eigenvalue weighted by molar-refractivity contribution is 0.234. The van der Waals surface area contributed by atoms with Crippen LogP contribution in [0.5, 0.6) is 0 Å². The Bertz CT molecular complexity index is 673. The Morgan fingerprint density at radius 1 is 1.23 bits per heavy atom. The Labute approximate surface area is 138 Å². The molecule has 8 heteroatoms. The van der Waals surface area contributed by atoms with Gasteiger partial charge in [-0.3, -0.25) is 0 Å². The van der Waals surface area contributed by atoms with Crippen LogP contribution in [0.3, 0.4) is 0 Å².